The lowest BCUT2D eigenvalue weighted by atomic mass is 10.1. The summed E-state index contributed by atoms with van der Waals surface area (Å²) in [6.07, 6.45) is 3.57. The molecule has 0 aliphatic carbocycles. The standard InChI is InChI=1S/C14H17F2N3O2/c1-9(10-7-17-19(2)8-10)18-12-6-11(20-3)4-5-13(12)21-14(15)16/h4-9,14,18H,1-3H3. The summed E-state index contributed by atoms with van der Waals surface area (Å²) in [5.41, 5.74) is 1.37. The molecule has 1 aromatic heterocycles. The van der Waals surface area contributed by atoms with Gasteiger partial charge in [-0.15, -0.1) is 0 Å². The number of halogens is 2. The number of hydrogen-bond donors (Lipinski definition) is 1. The molecule has 0 radical (unpaired) electrons. The van der Waals surface area contributed by atoms with E-state index in [-0.39, 0.29) is 11.8 Å². The molecule has 1 aromatic carbocycles. The zero-order chi connectivity index (χ0) is 15.4. The molecule has 114 valence electrons. The number of nitrogens with one attached hydrogen (secondary N) is 1. The van der Waals surface area contributed by atoms with Crippen molar-refractivity contribution in [3.63, 3.8) is 0 Å². The van der Waals surface area contributed by atoms with E-state index in [0.717, 1.165) is 5.56 Å². The van der Waals surface area contributed by atoms with Crippen LogP contribution in [0.1, 0.15) is 18.5 Å². The lowest BCUT2D eigenvalue weighted by Gasteiger charge is -2.18. The molecule has 0 fully saturated rings. The molecule has 5 nitrogen and oxygen atoms in total. The van der Waals surface area contributed by atoms with E-state index in [1.165, 1.54) is 13.2 Å². The molecule has 1 heterocycles. The number of nitrogens with zero attached hydrogens (tertiary/aromatic N) is 2. The fourth-order valence-corrected chi connectivity index (χ4v) is 1.93. The Labute approximate surface area is 121 Å². The monoisotopic (exact) mass is 297 g/mol. The zero-order valence-electron chi connectivity index (χ0n) is 12.0. The molecule has 0 aliphatic rings. The number of anilines is 1. The van der Waals surface area contributed by atoms with Crippen LogP contribution >= 0.6 is 0 Å². The molecule has 21 heavy (non-hydrogen) atoms. The number of alkyl halides is 2. The Kier molecular flexibility index (Phi) is 4.62. The summed E-state index contributed by atoms with van der Waals surface area (Å²) >= 11 is 0. The largest absolute Gasteiger partial charge is 0.497 e. The number of benzene rings is 1. The Morgan fingerprint density at radius 1 is 1.33 bits per heavy atom. The van der Waals surface area contributed by atoms with E-state index < -0.39 is 6.61 Å². The first kappa shape index (κ1) is 15.1. The first-order chi connectivity index (χ1) is 9.99. The third kappa shape index (κ3) is 3.84. The van der Waals surface area contributed by atoms with E-state index in [1.54, 1.807) is 23.0 Å². The molecule has 0 spiro atoms. The van der Waals surface area contributed by atoms with E-state index in [2.05, 4.69) is 15.2 Å². The van der Waals surface area contributed by atoms with Crippen molar-refractivity contribution in [3.05, 3.63) is 36.2 Å². The van der Waals surface area contributed by atoms with Gasteiger partial charge in [0.15, 0.2) is 0 Å². The maximum atomic E-state index is 12.5. The van der Waals surface area contributed by atoms with E-state index in [4.69, 9.17) is 4.74 Å². The first-order valence-electron chi connectivity index (χ1n) is 6.37. The lowest BCUT2D eigenvalue weighted by Crippen LogP contribution is -2.10. The van der Waals surface area contributed by atoms with Gasteiger partial charge in [0.05, 0.1) is 25.0 Å². The molecule has 0 bridgehead atoms. The number of methoxy groups -OCH3 is 1. The molecule has 7 heteroatoms. The van der Waals surface area contributed by atoms with Crippen LogP contribution in [0.4, 0.5) is 14.5 Å². The van der Waals surface area contributed by atoms with Gasteiger partial charge in [0.1, 0.15) is 11.5 Å². The van der Waals surface area contributed by atoms with Gasteiger partial charge in [0.2, 0.25) is 0 Å². The van der Waals surface area contributed by atoms with Crippen LogP contribution in [-0.2, 0) is 7.05 Å². The SMILES string of the molecule is COc1ccc(OC(F)F)c(NC(C)c2cnn(C)c2)c1. The molecule has 0 aliphatic heterocycles. The smallest absolute Gasteiger partial charge is 0.387 e. The van der Waals surface area contributed by atoms with Crippen molar-refractivity contribution in [1.82, 2.24) is 9.78 Å². The van der Waals surface area contributed by atoms with E-state index >= 15 is 0 Å². The molecule has 1 N–H and O–H groups in total. The van der Waals surface area contributed by atoms with Crippen molar-refractivity contribution in [2.75, 3.05) is 12.4 Å². The van der Waals surface area contributed by atoms with Crippen LogP contribution in [-0.4, -0.2) is 23.5 Å². The zero-order valence-corrected chi connectivity index (χ0v) is 12.0. The molecule has 2 rings (SSSR count). The Bertz CT molecular complexity index is 602. The van der Waals surface area contributed by atoms with Crippen LogP contribution in [0.2, 0.25) is 0 Å². The van der Waals surface area contributed by atoms with Crippen LogP contribution in [0.5, 0.6) is 11.5 Å². The van der Waals surface area contributed by atoms with Crippen LogP contribution < -0.4 is 14.8 Å². The van der Waals surface area contributed by atoms with Crippen molar-refractivity contribution in [2.45, 2.75) is 19.6 Å². The minimum absolute atomic E-state index is 0.0709. The average Bonchev–Trinajstić information content (AvgIpc) is 2.87. The highest BCUT2D eigenvalue weighted by Crippen LogP contribution is 2.33. The summed E-state index contributed by atoms with van der Waals surface area (Å²) in [5, 5.41) is 7.21. The van der Waals surface area contributed by atoms with Gasteiger partial charge in [-0.3, -0.25) is 4.68 Å². The molecular formula is C14H17F2N3O2. The van der Waals surface area contributed by atoms with Gasteiger partial charge in [-0.2, -0.15) is 13.9 Å². The lowest BCUT2D eigenvalue weighted by molar-refractivity contribution is -0.0494. The van der Waals surface area contributed by atoms with Gasteiger partial charge in [0.25, 0.3) is 0 Å². The van der Waals surface area contributed by atoms with Crippen LogP contribution in [0.3, 0.4) is 0 Å². The van der Waals surface area contributed by atoms with Gasteiger partial charge in [-0.05, 0) is 19.1 Å². The van der Waals surface area contributed by atoms with Crippen molar-refractivity contribution >= 4 is 5.69 Å². The van der Waals surface area contributed by atoms with Crippen LogP contribution in [0.25, 0.3) is 0 Å². The van der Waals surface area contributed by atoms with Gasteiger partial charge in [0, 0.05) is 24.9 Å². The molecule has 1 atom stereocenters. The number of rotatable bonds is 6. The van der Waals surface area contributed by atoms with Gasteiger partial charge >= 0.3 is 6.61 Å². The summed E-state index contributed by atoms with van der Waals surface area (Å²) in [7, 11) is 3.32. The average molecular weight is 297 g/mol. The minimum atomic E-state index is -2.88. The number of ether oxygens (including phenoxy) is 2. The maximum absolute atomic E-state index is 12.5. The van der Waals surface area contributed by atoms with Crippen LogP contribution in [0, 0.1) is 0 Å². The first-order valence-corrected chi connectivity index (χ1v) is 6.37. The molecule has 0 amide bonds. The van der Waals surface area contributed by atoms with Crippen molar-refractivity contribution < 1.29 is 18.3 Å². The second-order valence-corrected chi connectivity index (χ2v) is 4.55. The summed E-state index contributed by atoms with van der Waals surface area (Å²) < 4.78 is 36.2. The molecule has 1 unspecified atom stereocenters. The molecule has 0 saturated heterocycles. The van der Waals surface area contributed by atoms with E-state index in [9.17, 15) is 8.78 Å². The van der Waals surface area contributed by atoms with Gasteiger partial charge < -0.3 is 14.8 Å². The van der Waals surface area contributed by atoms with E-state index in [1.807, 2.05) is 20.2 Å². The van der Waals surface area contributed by atoms with Gasteiger partial charge in [-0.1, -0.05) is 0 Å². The second kappa shape index (κ2) is 6.43. The normalized spacial score (nSPS) is 12.3. The Morgan fingerprint density at radius 3 is 2.67 bits per heavy atom. The summed E-state index contributed by atoms with van der Waals surface area (Å²) in [6.45, 7) is -0.976. The van der Waals surface area contributed by atoms with Crippen molar-refractivity contribution in [1.29, 1.82) is 0 Å². The fourth-order valence-electron chi connectivity index (χ4n) is 1.93. The quantitative estimate of drug-likeness (QED) is 0.889. The number of aromatic nitrogens is 2. The Morgan fingerprint density at radius 2 is 2.10 bits per heavy atom. The second-order valence-electron chi connectivity index (χ2n) is 4.55. The topological polar surface area (TPSA) is 48.3 Å². The highest BCUT2D eigenvalue weighted by Gasteiger charge is 2.14. The summed E-state index contributed by atoms with van der Waals surface area (Å²) in [5.74, 6) is 0.624. The number of aryl methyl sites for hydroxylation is 1. The molecular weight excluding hydrogens is 280 g/mol. The van der Waals surface area contributed by atoms with E-state index in [0.29, 0.717) is 11.4 Å². The summed E-state index contributed by atoms with van der Waals surface area (Å²) in [4.78, 5) is 0. The predicted octanol–water partition coefficient (Wildman–Crippen LogP) is 3.20. The third-order valence-electron chi connectivity index (χ3n) is 3.00. The highest BCUT2D eigenvalue weighted by molar-refractivity contribution is 5.60. The van der Waals surface area contributed by atoms with Crippen molar-refractivity contribution in [2.24, 2.45) is 7.05 Å². The highest BCUT2D eigenvalue weighted by atomic mass is 19.3. The summed E-state index contributed by atoms with van der Waals surface area (Å²) in [6, 6.07) is 4.51. The fraction of sp³-hybridized carbons (Fsp3) is 0.357. The molecule has 0 saturated carbocycles. The van der Waals surface area contributed by atoms with Crippen molar-refractivity contribution in [3.8, 4) is 11.5 Å². The predicted molar refractivity (Wildman–Crippen MR) is 74.9 cm³/mol. The Balaban J connectivity index is 2.23. The van der Waals surface area contributed by atoms with Crippen LogP contribution in [0.15, 0.2) is 30.6 Å². The Hall–Kier alpha value is -2.31. The molecule has 2 aromatic rings. The minimum Gasteiger partial charge on any atom is -0.497 e. The number of hydrogen-bond acceptors (Lipinski definition) is 4. The maximum Gasteiger partial charge on any atom is 0.387 e. The van der Waals surface area contributed by atoms with Gasteiger partial charge in [-0.25, -0.2) is 0 Å². The third-order valence-corrected chi connectivity index (χ3v) is 3.00.